The van der Waals surface area contributed by atoms with Gasteiger partial charge in [0.1, 0.15) is 18.1 Å². The van der Waals surface area contributed by atoms with E-state index in [-0.39, 0.29) is 11.9 Å². The number of aromatic nitrogens is 2. The van der Waals surface area contributed by atoms with Gasteiger partial charge in [-0.05, 0) is 62.7 Å². The molecule has 6 nitrogen and oxygen atoms in total. The number of nitrogens with one attached hydrogen (secondary N) is 1. The Hall–Kier alpha value is -3.28. The fourth-order valence-corrected chi connectivity index (χ4v) is 3.15. The van der Waals surface area contributed by atoms with Crippen molar-refractivity contribution in [3.63, 3.8) is 0 Å². The van der Waals surface area contributed by atoms with Crippen molar-refractivity contribution in [2.45, 2.75) is 40.0 Å². The first kappa shape index (κ1) is 20.5. The maximum Gasteiger partial charge on any atom is 0.251 e. The highest BCUT2D eigenvalue weighted by molar-refractivity contribution is 5.94. The second kappa shape index (κ2) is 9.28. The maximum absolute atomic E-state index is 12.6. The molecule has 3 aromatic rings. The van der Waals surface area contributed by atoms with Crippen molar-refractivity contribution >= 4 is 5.91 Å². The van der Waals surface area contributed by atoms with Gasteiger partial charge >= 0.3 is 0 Å². The Kier molecular flexibility index (Phi) is 6.54. The van der Waals surface area contributed by atoms with E-state index in [1.165, 1.54) is 0 Å². The first-order valence-corrected chi connectivity index (χ1v) is 9.70. The number of carbonyl (C=O) groups excluding carboxylic acids is 1. The summed E-state index contributed by atoms with van der Waals surface area (Å²) >= 11 is 0. The van der Waals surface area contributed by atoms with Gasteiger partial charge in [-0.3, -0.25) is 9.48 Å². The molecule has 6 heteroatoms. The molecule has 1 atom stereocenters. The molecule has 152 valence electrons. The van der Waals surface area contributed by atoms with E-state index in [0.717, 1.165) is 34.9 Å². The molecule has 1 heterocycles. The molecule has 0 aliphatic carbocycles. The third kappa shape index (κ3) is 4.96. The third-order valence-corrected chi connectivity index (χ3v) is 4.94. The lowest BCUT2D eigenvalue weighted by atomic mass is 10.1. The minimum absolute atomic E-state index is 0.108. The minimum Gasteiger partial charge on any atom is -0.497 e. The Morgan fingerprint density at radius 3 is 2.34 bits per heavy atom. The van der Waals surface area contributed by atoms with Crippen LogP contribution in [-0.2, 0) is 13.2 Å². The van der Waals surface area contributed by atoms with E-state index in [2.05, 4.69) is 10.4 Å². The largest absolute Gasteiger partial charge is 0.497 e. The van der Waals surface area contributed by atoms with Gasteiger partial charge in [0.2, 0.25) is 0 Å². The van der Waals surface area contributed by atoms with Gasteiger partial charge in [0.05, 0.1) is 19.3 Å². The molecule has 0 saturated carbocycles. The van der Waals surface area contributed by atoms with Gasteiger partial charge in [-0.2, -0.15) is 5.10 Å². The minimum atomic E-state index is -0.110. The molecule has 0 aliphatic heterocycles. The van der Waals surface area contributed by atoms with E-state index in [0.29, 0.717) is 12.2 Å². The van der Waals surface area contributed by atoms with Crippen LogP contribution in [0.1, 0.15) is 47.1 Å². The number of amides is 1. The summed E-state index contributed by atoms with van der Waals surface area (Å²) in [6, 6.07) is 14.8. The molecule has 1 amide bonds. The van der Waals surface area contributed by atoms with Crippen LogP contribution in [0.2, 0.25) is 0 Å². The number of benzene rings is 2. The number of ether oxygens (including phenoxy) is 2. The van der Waals surface area contributed by atoms with Gasteiger partial charge in [-0.25, -0.2) is 0 Å². The lowest BCUT2D eigenvalue weighted by molar-refractivity contribution is 0.0939. The lowest BCUT2D eigenvalue weighted by Crippen LogP contribution is -2.27. The van der Waals surface area contributed by atoms with Crippen molar-refractivity contribution in [2.75, 3.05) is 7.11 Å². The van der Waals surface area contributed by atoms with E-state index in [1.54, 1.807) is 7.11 Å². The highest BCUT2D eigenvalue weighted by Crippen LogP contribution is 2.19. The Morgan fingerprint density at radius 1 is 1.10 bits per heavy atom. The van der Waals surface area contributed by atoms with E-state index in [9.17, 15) is 4.79 Å². The van der Waals surface area contributed by atoms with E-state index in [1.807, 2.05) is 80.2 Å². The summed E-state index contributed by atoms with van der Waals surface area (Å²) in [7, 11) is 1.63. The highest BCUT2D eigenvalue weighted by atomic mass is 16.5. The molecule has 2 aromatic carbocycles. The van der Waals surface area contributed by atoms with Gasteiger partial charge in [0, 0.05) is 23.4 Å². The summed E-state index contributed by atoms with van der Waals surface area (Å²) in [5.41, 5.74) is 3.71. The number of aryl methyl sites for hydroxylation is 1. The molecule has 1 unspecified atom stereocenters. The van der Waals surface area contributed by atoms with Gasteiger partial charge in [-0.15, -0.1) is 0 Å². The summed E-state index contributed by atoms with van der Waals surface area (Å²) in [6.07, 6.45) is 1.82. The summed E-state index contributed by atoms with van der Waals surface area (Å²) < 4.78 is 12.8. The van der Waals surface area contributed by atoms with Crippen LogP contribution in [0.5, 0.6) is 11.5 Å². The lowest BCUT2D eigenvalue weighted by Gasteiger charge is -2.14. The summed E-state index contributed by atoms with van der Waals surface area (Å²) in [6.45, 7) is 7.28. The fraction of sp³-hybridized carbons (Fsp3) is 0.304. The molecule has 0 aliphatic rings. The molecule has 3 rings (SSSR count). The van der Waals surface area contributed by atoms with Gasteiger partial charge in [0.25, 0.3) is 5.91 Å². The number of carbonyl (C=O) groups is 1. The van der Waals surface area contributed by atoms with Crippen LogP contribution in [0.25, 0.3) is 0 Å². The average molecular weight is 393 g/mol. The van der Waals surface area contributed by atoms with Crippen LogP contribution in [0.15, 0.2) is 54.7 Å². The van der Waals surface area contributed by atoms with Crippen LogP contribution >= 0.6 is 0 Å². The highest BCUT2D eigenvalue weighted by Gasteiger charge is 2.16. The SMILES string of the molecule is CCn1ncc(C(C)NC(=O)c2ccc(COc3ccc(OC)cc3)cc2)c1C. The number of methoxy groups -OCH3 is 1. The Balaban J connectivity index is 1.57. The zero-order valence-corrected chi connectivity index (χ0v) is 17.3. The number of hydrogen-bond acceptors (Lipinski definition) is 4. The van der Waals surface area contributed by atoms with Crippen LogP contribution < -0.4 is 14.8 Å². The van der Waals surface area contributed by atoms with Crippen molar-refractivity contribution in [3.8, 4) is 11.5 Å². The molecule has 0 saturated heterocycles. The first-order chi connectivity index (χ1) is 14.0. The van der Waals surface area contributed by atoms with Crippen molar-refractivity contribution in [3.05, 3.63) is 77.1 Å². The van der Waals surface area contributed by atoms with Crippen molar-refractivity contribution in [1.29, 1.82) is 0 Å². The molecular formula is C23H27N3O3. The molecule has 0 bridgehead atoms. The second-order valence-electron chi connectivity index (χ2n) is 6.86. The molecule has 1 aromatic heterocycles. The monoisotopic (exact) mass is 393 g/mol. The Bertz CT molecular complexity index is 947. The van der Waals surface area contributed by atoms with E-state index in [4.69, 9.17) is 9.47 Å². The standard InChI is InChI=1S/C23H27N3O3/c1-5-26-17(3)22(14-24-26)16(2)25-23(27)19-8-6-18(7-9-19)15-29-21-12-10-20(28-4)11-13-21/h6-14,16H,5,15H2,1-4H3,(H,25,27). The van der Waals surface area contributed by atoms with Crippen LogP contribution in [0.4, 0.5) is 0 Å². The van der Waals surface area contributed by atoms with Crippen molar-refractivity contribution < 1.29 is 14.3 Å². The zero-order valence-electron chi connectivity index (χ0n) is 17.3. The molecule has 1 N–H and O–H groups in total. The first-order valence-electron chi connectivity index (χ1n) is 9.70. The molecule has 0 spiro atoms. The molecule has 0 fully saturated rings. The summed E-state index contributed by atoms with van der Waals surface area (Å²) in [5.74, 6) is 1.45. The average Bonchev–Trinajstić information content (AvgIpc) is 3.13. The number of rotatable bonds is 8. The van der Waals surface area contributed by atoms with Crippen LogP contribution in [0.3, 0.4) is 0 Å². The second-order valence-corrected chi connectivity index (χ2v) is 6.86. The zero-order chi connectivity index (χ0) is 20.8. The van der Waals surface area contributed by atoms with E-state index >= 15 is 0 Å². The molecule has 29 heavy (non-hydrogen) atoms. The third-order valence-electron chi connectivity index (χ3n) is 4.94. The van der Waals surface area contributed by atoms with Crippen LogP contribution in [0, 0.1) is 6.92 Å². The Morgan fingerprint density at radius 2 is 1.76 bits per heavy atom. The number of nitrogens with zero attached hydrogens (tertiary/aromatic N) is 2. The van der Waals surface area contributed by atoms with Gasteiger partial charge < -0.3 is 14.8 Å². The molecule has 0 radical (unpaired) electrons. The smallest absolute Gasteiger partial charge is 0.251 e. The summed E-state index contributed by atoms with van der Waals surface area (Å²) in [4.78, 5) is 12.6. The number of hydrogen-bond donors (Lipinski definition) is 1. The van der Waals surface area contributed by atoms with Crippen molar-refractivity contribution in [2.24, 2.45) is 0 Å². The Labute approximate surface area is 171 Å². The van der Waals surface area contributed by atoms with Gasteiger partial charge in [0.15, 0.2) is 0 Å². The summed E-state index contributed by atoms with van der Waals surface area (Å²) in [5, 5.41) is 7.39. The quantitative estimate of drug-likeness (QED) is 0.620. The van der Waals surface area contributed by atoms with Crippen molar-refractivity contribution in [1.82, 2.24) is 15.1 Å². The topological polar surface area (TPSA) is 65.4 Å². The normalized spacial score (nSPS) is 11.7. The van der Waals surface area contributed by atoms with E-state index < -0.39 is 0 Å². The maximum atomic E-state index is 12.6. The predicted octanol–water partition coefficient (Wildman–Crippen LogP) is 4.29. The van der Waals surface area contributed by atoms with Crippen LogP contribution in [-0.4, -0.2) is 22.8 Å². The van der Waals surface area contributed by atoms with Gasteiger partial charge in [-0.1, -0.05) is 12.1 Å². The predicted molar refractivity (Wildman–Crippen MR) is 112 cm³/mol. The molecular weight excluding hydrogens is 366 g/mol. The fourth-order valence-electron chi connectivity index (χ4n) is 3.15.